The van der Waals surface area contributed by atoms with Gasteiger partial charge in [-0.15, -0.1) is 11.6 Å². The van der Waals surface area contributed by atoms with Crippen molar-refractivity contribution in [2.24, 2.45) is 0 Å². The third-order valence-corrected chi connectivity index (χ3v) is 0.820. The van der Waals surface area contributed by atoms with E-state index in [2.05, 4.69) is 12.2 Å². The Bertz CT molecular complexity index is 19.5. The Morgan fingerprint density at radius 2 is 2.33 bits per heavy atom. The summed E-state index contributed by atoms with van der Waals surface area (Å²) in [5, 5.41) is 2.17. The fourth-order valence-electron chi connectivity index (χ4n) is 0.281. The molecule has 6 heavy (non-hydrogen) atoms. The van der Waals surface area contributed by atoms with Gasteiger partial charge >= 0.3 is 0 Å². The first-order valence-corrected chi connectivity index (χ1v) is 2.83. The first-order valence-electron chi connectivity index (χ1n) is 2.29. The van der Waals surface area contributed by atoms with Gasteiger partial charge in [-0.3, -0.25) is 0 Å². The lowest BCUT2D eigenvalue weighted by Gasteiger charge is -1.87. The average Bonchev–Trinajstić information content (AvgIpc) is 1.61. The zero-order valence-corrected chi connectivity index (χ0v) is 4.83. The highest BCUT2D eigenvalue weighted by atomic mass is 35.5. The summed E-state index contributed by atoms with van der Waals surface area (Å²) in [7, 11) is 0. The Morgan fingerprint density at radius 1 is 1.67 bits per heavy atom. The van der Waals surface area contributed by atoms with Crippen LogP contribution in [0.4, 0.5) is 0 Å². The van der Waals surface area contributed by atoms with E-state index in [0.717, 1.165) is 19.0 Å². The topological polar surface area (TPSA) is 16.6 Å². The minimum Gasteiger partial charge on any atom is -0.345 e. The van der Waals surface area contributed by atoms with Crippen molar-refractivity contribution < 1.29 is 5.32 Å². The van der Waals surface area contributed by atoms with E-state index in [-0.39, 0.29) is 0 Å². The fourth-order valence-corrected chi connectivity index (χ4v) is 0.436. The predicted octanol–water partition coefficient (Wildman–Crippen LogP) is -0.192. The summed E-state index contributed by atoms with van der Waals surface area (Å²) in [6.07, 6.45) is 0. The number of alkyl halides is 1. The Hall–Kier alpha value is 0.250. The molecule has 0 saturated carbocycles. The van der Waals surface area contributed by atoms with Crippen LogP contribution in [0.3, 0.4) is 0 Å². The van der Waals surface area contributed by atoms with E-state index >= 15 is 0 Å². The molecule has 0 aromatic rings. The van der Waals surface area contributed by atoms with E-state index < -0.39 is 0 Å². The average molecular weight is 109 g/mol. The second-order valence-corrected chi connectivity index (χ2v) is 1.55. The van der Waals surface area contributed by atoms with Crippen molar-refractivity contribution in [2.45, 2.75) is 6.92 Å². The Labute approximate surface area is 43.7 Å². The van der Waals surface area contributed by atoms with Crippen LogP contribution in [0, 0.1) is 0 Å². The molecule has 0 aliphatic heterocycles. The summed E-state index contributed by atoms with van der Waals surface area (Å²) in [4.78, 5) is 0. The van der Waals surface area contributed by atoms with Crippen LogP contribution in [-0.2, 0) is 0 Å². The molecule has 0 heterocycles. The first kappa shape index (κ1) is 6.25. The second-order valence-electron chi connectivity index (χ2n) is 1.17. The summed E-state index contributed by atoms with van der Waals surface area (Å²) in [6, 6.07) is 0. The highest BCUT2D eigenvalue weighted by Gasteiger charge is 1.77. The van der Waals surface area contributed by atoms with Crippen molar-refractivity contribution in [2.75, 3.05) is 19.0 Å². The van der Waals surface area contributed by atoms with Gasteiger partial charge in [0, 0.05) is 0 Å². The quantitative estimate of drug-likeness (QED) is 0.381. The molecule has 1 nitrogen and oxygen atoms in total. The van der Waals surface area contributed by atoms with E-state index in [4.69, 9.17) is 11.6 Å². The maximum absolute atomic E-state index is 5.35. The monoisotopic (exact) mass is 108 g/mol. The number of quaternary nitrogens is 1. The molecule has 0 aromatic heterocycles. The Balaban J connectivity index is 2.34. The molecule has 0 radical (unpaired) electrons. The highest BCUT2D eigenvalue weighted by Crippen LogP contribution is 1.60. The molecule has 0 saturated heterocycles. The SMILES string of the molecule is CC[NH2+]CCCl. The summed E-state index contributed by atoms with van der Waals surface area (Å²) in [5.74, 6) is 0.772. The van der Waals surface area contributed by atoms with Gasteiger partial charge in [-0.05, 0) is 6.92 Å². The van der Waals surface area contributed by atoms with Crippen LogP contribution in [0.2, 0.25) is 0 Å². The molecule has 2 heteroatoms. The number of rotatable bonds is 3. The summed E-state index contributed by atoms with van der Waals surface area (Å²) in [5.41, 5.74) is 0. The van der Waals surface area contributed by atoms with Crippen molar-refractivity contribution in [1.82, 2.24) is 0 Å². The van der Waals surface area contributed by atoms with Crippen molar-refractivity contribution in [3.05, 3.63) is 0 Å². The fraction of sp³-hybridized carbons (Fsp3) is 1.00. The molecule has 0 bridgehead atoms. The third kappa shape index (κ3) is 4.25. The van der Waals surface area contributed by atoms with Gasteiger partial charge in [-0.2, -0.15) is 0 Å². The van der Waals surface area contributed by atoms with Gasteiger partial charge in [0.2, 0.25) is 0 Å². The van der Waals surface area contributed by atoms with Crippen LogP contribution in [0.1, 0.15) is 6.92 Å². The maximum atomic E-state index is 5.35. The number of nitrogens with two attached hydrogens (primary N) is 1. The van der Waals surface area contributed by atoms with Crippen LogP contribution >= 0.6 is 11.6 Å². The molecule has 0 rings (SSSR count). The van der Waals surface area contributed by atoms with Gasteiger partial charge < -0.3 is 5.32 Å². The third-order valence-electron chi connectivity index (χ3n) is 0.602. The number of hydrogen-bond acceptors (Lipinski definition) is 0. The molecule has 0 unspecified atom stereocenters. The molecule has 38 valence electrons. The molecular formula is C4H11ClN+. The lowest BCUT2D eigenvalue weighted by molar-refractivity contribution is -0.647. The Kier molecular flexibility index (Phi) is 5.47. The van der Waals surface area contributed by atoms with Crippen LogP contribution < -0.4 is 5.32 Å². The van der Waals surface area contributed by atoms with Crippen molar-refractivity contribution in [3.8, 4) is 0 Å². The van der Waals surface area contributed by atoms with Gasteiger partial charge in [0.15, 0.2) is 0 Å². The highest BCUT2D eigenvalue weighted by molar-refractivity contribution is 6.17. The van der Waals surface area contributed by atoms with Crippen LogP contribution in [0.5, 0.6) is 0 Å². The van der Waals surface area contributed by atoms with Gasteiger partial charge in [0.1, 0.15) is 0 Å². The minimum atomic E-state index is 0.772. The van der Waals surface area contributed by atoms with Gasteiger partial charge in [0.25, 0.3) is 0 Å². The summed E-state index contributed by atoms with van der Waals surface area (Å²) in [6.45, 7) is 4.32. The van der Waals surface area contributed by atoms with Crippen LogP contribution in [0.15, 0.2) is 0 Å². The number of hydrogen-bond donors (Lipinski definition) is 1. The van der Waals surface area contributed by atoms with Crippen molar-refractivity contribution in [3.63, 3.8) is 0 Å². The van der Waals surface area contributed by atoms with E-state index in [1.54, 1.807) is 0 Å². The molecule has 0 fully saturated rings. The molecule has 0 spiro atoms. The zero-order chi connectivity index (χ0) is 4.83. The van der Waals surface area contributed by atoms with E-state index in [1.165, 1.54) is 0 Å². The normalized spacial score (nSPS) is 9.00. The maximum Gasteiger partial charge on any atom is 0.0893 e. The lowest BCUT2D eigenvalue weighted by atomic mass is 10.7. The van der Waals surface area contributed by atoms with E-state index in [9.17, 15) is 0 Å². The van der Waals surface area contributed by atoms with Gasteiger partial charge in [0.05, 0.1) is 19.0 Å². The van der Waals surface area contributed by atoms with E-state index in [0.29, 0.717) is 0 Å². The minimum absolute atomic E-state index is 0.772. The standard InChI is InChI=1S/C4H10ClN/c1-2-6-4-3-5/h6H,2-4H2,1H3/p+1. The van der Waals surface area contributed by atoms with Gasteiger partial charge in [-0.25, -0.2) is 0 Å². The predicted molar refractivity (Wildman–Crippen MR) is 28.1 cm³/mol. The Morgan fingerprint density at radius 3 is 2.50 bits per heavy atom. The smallest absolute Gasteiger partial charge is 0.0893 e. The molecule has 0 aromatic carbocycles. The first-order chi connectivity index (χ1) is 2.91. The zero-order valence-electron chi connectivity index (χ0n) is 4.08. The van der Waals surface area contributed by atoms with Gasteiger partial charge in [-0.1, -0.05) is 0 Å². The van der Waals surface area contributed by atoms with Crippen molar-refractivity contribution >= 4 is 11.6 Å². The molecule has 0 amide bonds. The largest absolute Gasteiger partial charge is 0.345 e. The summed E-state index contributed by atoms with van der Waals surface area (Å²) < 4.78 is 0. The molecule has 0 aliphatic carbocycles. The summed E-state index contributed by atoms with van der Waals surface area (Å²) >= 11 is 5.35. The number of halogens is 1. The second kappa shape index (κ2) is 5.25. The molecule has 0 atom stereocenters. The molecule has 0 aliphatic rings. The van der Waals surface area contributed by atoms with Crippen LogP contribution in [0.25, 0.3) is 0 Å². The lowest BCUT2D eigenvalue weighted by Crippen LogP contribution is -2.84. The molecule has 2 N–H and O–H groups in total. The van der Waals surface area contributed by atoms with E-state index in [1.807, 2.05) is 0 Å². The van der Waals surface area contributed by atoms with Crippen molar-refractivity contribution in [1.29, 1.82) is 0 Å². The molecular weight excluding hydrogens is 97.5 g/mol. The van der Waals surface area contributed by atoms with Crippen LogP contribution in [-0.4, -0.2) is 19.0 Å².